The first-order valence-corrected chi connectivity index (χ1v) is 11.3. The van der Waals surface area contributed by atoms with Crippen LogP contribution >= 0.6 is 15.9 Å². The van der Waals surface area contributed by atoms with Crippen molar-refractivity contribution in [3.8, 4) is 0 Å². The first kappa shape index (κ1) is 20.2. The van der Waals surface area contributed by atoms with E-state index in [0.717, 1.165) is 14.5 Å². The van der Waals surface area contributed by atoms with Crippen LogP contribution in [0.1, 0.15) is 23.6 Å². The minimum absolute atomic E-state index is 0.0957. The molecule has 0 radical (unpaired) electrons. The lowest BCUT2D eigenvalue weighted by Crippen LogP contribution is -2.27. The molecule has 0 aliphatic carbocycles. The molecule has 3 aromatic rings. The lowest BCUT2D eigenvalue weighted by molar-refractivity contribution is -0.384. The Balaban J connectivity index is 1.81. The molecular formula is C21H16BrN3O4S. The molecule has 0 unspecified atom stereocenters. The summed E-state index contributed by atoms with van der Waals surface area (Å²) < 4.78 is 28.7. The molecule has 4 rings (SSSR count). The topological polar surface area (TPSA) is 92.9 Å². The van der Waals surface area contributed by atoms with Crippen molar-refractivity contribution in [2.45, 2.75) is 17.4 Å². The Bertz CT molecular complexity index is 1230. The highest BCUT2D eigenvalue weighted by molar-refractivity contribution is 9.10. The van der Waals surface area contributed by atoms with Crippen LogP contribution in [-0.2, 0) is 10.0 Å². The second-order valence-electron chi connectivity index (χ2n) is 6.72. The molecule has 1 atom stereocenters. The summed E-state index contributed by atoms with van der Waals surface area (Å²) in [5.74, 6) is 0. The van der Waals surface area contributed by atoms with Gasteiger partial charge in [-0.05, 0) is 35.4 Å². The molecule has 0 aromatic heterocycles. The Labute approximate surface area is 182 Å². The van der Waals surface area contributed by atoms with Crippen LogP contribution in [0.15, 0.2) is 93.3 Å². The fourth-order valence-corrected chi connectivity index (χ4v) is 5.04. The highest BCUT2D eigenvalue weighted by Crippen LogP contribution is 2.38. The summed E-state index contributed by atoms with van der Waals surface area (Å²) in [6.45, 7) is 0. The number of hydrogen-bond donors (Lipinski definition) is 0. The number of non-ortho nitro benzene ring substituents is 1. The average molecular weight is 486 g/mol. The van der Waals surface area contributed by atoms with Crippen molar-refractivity contribution in [3.05, 3.63) is 105 Å². The zero-order chi connectivity index (χ0) is 21.3. The van der Waals surface area contributed by atoms with Crippen molar-refractivity contribution in [3.63, 3.8) is 0 Å². The van der Waals surface area contributed by atoms with E-state index < -0.39 is 21.0 Å². The summed E-state index contributed by atoms with van der Waals surface area (Å²) in [7, 11) is -3.95. The summed E-state index contributed by atoms with van der Waals surface area (Å²) in [4.78, 5) is 10.8. The van der Waals surface area contributed by atoms with Gasteiger partial charge in [-0.15, -0.1) is 0 Å². The fraction of sp³-hybridized carbons (Fsp3) is 0.0952. The van der Waals surface area contributed by atoms with E-state index in [1.807, 2.05) is 24.3 Å². The van der Waals surface area contributed by atoms with Crippen molar-refractivity contribution >= 4 is 37.4 Å². The van der Waals surface area contributed by atoms with Crippen LogP contribution in [0.25, 0.3) is 0 Å². The van der Waals surface area contributed by atoms with Gasteiger partial charge in [0.15, 0.2) is 0 Å². The second kappa shape index (κ2) is 8.00. The Morgan fingerprint density at radius 1 is 1.00 bits per heavy atom. The number of rotatable bonds is 5. The summed E-state index contributed by atoms with van der Waals surface area (Å²) >= 11 is 3.39. The Hall–Kier alpha value is -3.04. The molecule has 0 N–H and O–H groups in total. The highest BCUT2D eigenvalue weighted by atomic mass is 79.9. The predicted molar refractivity (Wildman–Crippen MR) is 117 cm³/mol. The maximum absolute atomic E-state index is 13.3. The van der Waals surface area contributed by atoms with E-state index in [4.69, 9.17) is 0 Å². The molecule has 0 amide bonds. The van der Waals surface area contributed by atoms with Crippen molar-refractivity contribution in [1.29, 1.82) is 0 Å². The summed E-state index contributed by atoms with van der Waals surface area (Å²) in [5.41, 5.74) is 1.80. The molecule has 0 fully saturated rings. The molecule has 152 valence electrons. The van der Waals surface area contributed by atoms with Crippen molar-refractivity contribution in [2.75, 3.05) is 0 Å². The van der Waals surface area contributed by atoms with E-state index in [-0.39, 0.29) is 10.6 Å². The van der Waals surface area contributed by atoms with Crippen LogP contribution in [-0.4, -0.2) is 23.5 Å². The number of sulfonamides is 1. The monoisotopic (exact) mass is 485 g/mol. The first-order chi connectivity index (χ1) is 14.4. The minimum atomic E-state index is -3.95. The van der Waals surface area contributed by atoms with E-state index in [0.29, 0.717) is 17.7 Å². The Morgan fingerprint density at radius 2 is 1.70 bits per heavy atom. The summed E-state index contributed by atoms with van der Waals surface area (Å²) in [5, 5.41) is 15.7. The van der Waals surface area contributed by atoms with Gasteiger partial charge in [0.2, 0.25) is 0 Å². The molecule has 0 saturated heterocycles. The second-order valence-corrected chi connectivity index (χ2v) is 9.43. The van der Waals surface area contributed by atoms with Gasteiger partial charge in [0.1, 0.15) is 0 Å². The lowest BCUT2D eigenvalue weighted by atomic mass is 9.99. The molecule has 30 heavy (non-hydrogen) atoms. The van der Waals surface area contributed by atoms with Crippen molar-refractivity contribution < 1.29 is 13.3 Å². The fourth-order valence-electron chi connectivity index (χ4n) is 3.32. The van der Waals surface area contributed by atoms with Gasteiger partial charge in [-0.25, -0.2) is 0 Å². The summed E-state index contributed by atoms with van der Waals surface area (Å²) in [6, 6.07) is 20.8. The van der Waals surface area contributed by atoms with Gasteiger partial charge < -0.3 is 0 Å². The number of halogens is 1. The molecule has 1 heterocycles. The van der Waals surface area contributed by atoms with Crippen molar-refractivity contribution in [1.82, 2.24) is 4.41 Å². The van der Waals surface area contributed by atoms with Gasteiger partial charge in [-0.2, -0.15) is 17.9 Å². The largest absolute Gasteiger partial charge is 0.279 e. The number of nitro benzene ring substituents is 1. The van der Waals surface area contributed by atoms with Gasteiger partial charge in [-0.1, -0.05) is 58.4 Å². The van der Waals surface area contributed by atoms with Crippen LogP contribution in [0.3, 0.4) is 0 Å². The van der Waals surface area contributed by atoms with Gasteiger partial charge in [0.25, 0.3) is 15.7 Å². The molecule has 0 spiro atoms. The lowest BCUT2D eigenvalue weighted by Gasteiger charge is -2.23. The average Bonchev–Trinajstić information content (AvgIpc) is 3.21. The number of hydrazone groups is 1. The van der Waals surface area contributed by atoms with Crippen LogP contribution in [0.4, 0.5) is 5.69 Å². The predicted octanol–water partition coefficient (Wildman–Crippen LogP) is 4.90. The van der Waals surface area contributed by atoms with E-state index in [2.05, 4.69) is 21.0 Å². The molecule has 7 nitrogen and oxygen atoms in total. The molecule has 3 aromatic carbocycles. The Morgan fingerprint density at radius 3 is 2.37 bits per heavy atom. The zero-order valence-electron chi connectivity index (χ0n) is 15.6. The maximum Gasteiger partial charge on any atom is 0.279 e. The zero-order valence-corrected chi connectivity index (χ0v) is 18.0. The molecule has 0 bridgehead atoms. The number of nitro groups is 1. The van der Waals surface area contributed by atoms with Crippen LogP contribution in [0.5, 0.6) is 0 Å². The number of nitrogens with zero attached hydrogens (tertiary/aromatic N) is 3. The molecule has 0 saturated carbocycles. The molecular weight excluding hydrogens is 470 g/mol. The quantitative estimate of drug-likeness (QED) is 0.379. The van der Waals surface area contributed by atoms with E-state index in [1.54, 1.807) is 30.3 Å². The summed E-state index contributed by atoms with van der Waals surface area (Å²) in [6.07, 6.45) is 0.300. The normalized spacial score (nSPS) is 16.4. The molecule has 1 aliphatic rings. The van der Waals surface area contributed by atoms with Crippen LogP contribution in [0, 0.1) is 10.1 Å². The maximum atomic E-state index is 13.3. The number of hydrogen-bond acceptors (Lipinski definition) is 5. The van der Waals surface area contributed by atoms with E-state index >= 15 is 0 Å². The number of benzene rings is 3. The van der Waals surface area contributed by atoms with Gasteiger partial charge in [0.05, 0.1) is 21.6 Å². The molecule has 1 aliphatic heterocycles. The van der Waals surface area contributed by atoms with E-state index in [9.17, 15) is 18.5 Å². The standard InChI is InChI=1S/C21H16BrN3O4S/c22-17-11-9-15(10-12-17)20-14-21(16-5-4-6-18(13-16)25(26)27)24(23-20)30(28,29)19-7-2-1-3-8-19/h1-13,21H,14H2/t21-/m1/s1. The van der Waals surface area contributed by atoms with Gasteiger partial charge >= 0.3 is 0 Å². The molecule has 9 heteroatoms. The van der Waals surface area contributed by atoms with E-state index in [1.165, 1.54) is 24.3 Å². The first-order valence-electron chi connectivity index (χ1n) is 9.03. The minimum Gasteiger partial charge on any atom is -0.258 e. The third kappa shape index (κ3) is 3.86. The third-order valence-corrected chi connectivity index (χ3v) is 7.03. The third-order valence-electron chi connectivity index (χ3n) is 4.80. The SMILES string of the molecule is O=[N+]([O-])c1cccc([C@H]2CC(c3ccc(Br)cc3)=NN2S(=O)(=O)c2ccccc2)c1. The Kier molecular flexibility index (Phi) is 5.40. The van der Waals surface area contributed by atoms with Gasteiger partial charge in [-0.3, -0.25) is 10.1 Å². The van der Waals surface area contributed by atoms with Crippen LogP contribution in [0.2, 0.25) is 0 Å². The van der Waals surface area contributed by atoms with Crippen LogP contribution < -0.4 is 0 Å². The van der Waals surface area contributed by atoms with Gasteiger partial charge in [0, 0.05) is 23.0 Å². The van der Waals surface area contributed by atoms with Crippen molar-refractivity contribution in [2.24, 2.45) is 5.10 Å². The smallest absolute Gasteiger partial charge is 0.258 e. The highest BCUT2D eigenvalue weighted by Gasteiger charge is 2.38.